The molecule has 0 amide bonds. The number of H-pyrrole nitrogens is 2. The minimum atomic E-state index is -1.47. The van der Waals surface area contributed by atoms with E-state index in [-0.39, 0.29) is 23.4 Å². The molecule has 0 aliphatic heterocycles. The third kappa shape index (κ3) is 5.16. The van der Waals surface area contributed by atoms with Crippen molar-refractivity contribution in [2.75, 3.05) is 0 Å². The van der Waals surface area contributed by atoms with E-state index in [9.17, 15) is 0 Å². The lowest BCUT2D eigenvalue weighted by molar-refractivity contribution is 0.702. The Hall–Kier alpha value is -1.14. The van der Waals surface area contributed by atoms with Crippen LogP contribution >= 0.6 is 17.2 Å². The van der Waals surface area contributed by atoms with Crippen molar-refractivity contribution in [3.05, 3.63) is 77.4 Å². The SMILES string of the molecule is CC(C)(C)P(Cc1ccc([Si](C)(C)C)cc1C(P)(c1cc[nH]c1)c1cc[nH]c1)C(C)(C)C. The Bertz CT molecular complexity index is 969. The van der Waals surface area contributed by atoms with Crippen LogP contribution in [-0.4, -0.2) is 28.4 Å². The van der Waals surface area contributed by atoms with Gasteiger partial charge in [-0.25, -0.2) is 0 Å². The maximum atomic E-state index is 3.31. The predicted octanol–water partition coefficient (Wildman–Crippen LogP) is 7.63. The largest absolute Gasteiger partial charge is 0.367 e. The van der Waals surface area contributed by atoms with Gasteiger partial charge in [-0.2, -0.15) is 0 Å². The van der Waals surface area contributed by atoms with Crippen LogP contribution in [0.3, 0.4) is 0 Å². The molecule has 0 bridgehead atoms. The van der Waals surface area contributed by atoms with Gasteiger partial charge in [0.25, 0.3) is 0 Å². The Kier molecular flexibility index (Phi) is 7.09. The summed E-state index contributed by atoms with van der Waals surface area (Å²) in [6, 6.07) is 11.9. The molecule has 0 fully saturated rings. The second kappa shape index (κ2) is 8.90. The maximum absolute atomic E-state index is 3.31. The first kappa shape index (κ1) is 25.5. The van der Waals surface area contributed by atoms with Crippen molar-refractivity contribution in [1.82, 2.24) is 9.97 Å². The third-order valence-electron chi connectivity index (χ3n) is 6.46. The minimum absolute atomic E-state index is 0.249. The number of aromatic amines is 2. The zero-order valence-corrected chi connectivity index (χ0v) is 24.5. The summed E-state index contributed by atoms with van der Waals surface area (Å²) in [7, 11) is 1.53. The summed E-state index contributed by atoms with van der Waals surface area (Å²) in [5, 5.41) is 1.80. The number of nitrogens with one attached hydrogen (secondary N) is 2. The van der Waals surface area contributed by atoms with E-state index in [1.54, 1.807) is 0 Å². The molecule has 174 valence electrons. The lowest BCUT2D eigenvalue weighted by Gasteiger charge is -2.43. The summed E-state index contributed by atoms with van der Waals surface area (Å²) in [5.74, 6) is 0. The van der Waals surface area contributed by atoms with E-state index in [4.69, 9.17) is 0 Å². The lowest BCUT2D eigenvalue weighted by atomic mass is 9.84. The van der Waals surface area contributed by atoms with Gasteiger partial charge in [0, 0.05) is 24.8 Å². The first-order chi connectivity index (χ1) is 14.6. The molecule has 2 N–H and O–H groups in total. The molecule has 0 saturated heterocycles. The van der Waals surface area contributed by atoms with Gasteiger partial charge in [-0.1, -0.05) is 92.5 Å². The normalized spacial score (nSPS) is 13.7. The Morgan fingerprint density at radius 1 is 0.812 bits per heavy atom. The van der Waals surface area contributed by atoms with Crippen molar-refractivity contribution in [3.8, 4) is 0 Å². The molecule has 0 spiro atoms. The number of aromatic nitrogens is 2. The molecule has 0 radical (unpaired) electrons. The fourth-order valence-corrected chi connectivity index (χ4v) is 10.2. The zero-order valence-electron chi connectivity index (χ0n) is 21.4. The van der Waals surface area contributed by atoms with Crippen LogP contribution in [0.25, 0.3) is 0 Å². The van der Waals surface area contributed by atoms with Gasteiger partial charge in [0.15, 0.2) is 0 Å². The van der Waals surface area contributed by atoms with E-state index in [1.165, 1.54) is 27.4 Å². The van der Waals surface area contributed by atoms with Gasteiger partial charge in [0.2, 0.25) is 0 Å². The van der Waals surface area contributed by atoms with E-state index in [1.807, 2.05) is 12.4 Å². The van der Waals surface area contributed by atoms with Crippen molar-refractivity contribution in [1.29, 1.82) is 0 Å². The van der Waals surface area contributed by atoms with Gasteiger partial charge < -0.3 is 9.97 Å². The van der Waals surface area contributed by atoms with E-state index in [0.29, 0.717) is 0 Å². The molecular formula is C27H42N2P2Si. The molecule has 0 aliphatic carbocycles. The minimum Gasteiger partial charge on any atom is -0.367 e. The van der Waals surface area contributed by atoms with Gasteiger partial charge in [0.05, 0.1) is 13.2 Å². The van der Waals surface area contributed by atoms with E-state index in [2.05, 4.69) is 123 Å². The molecular weight excluding hydrogens is 442 g/mol. The smallest absolute Gasteiger partial charge is 0.0776 e. The van der Waals surface area contributed by atoms with Crippen LogP contribution in [0.15, 0.2) is 55.1 Å². The summed E-state index contributed by atoms with van der Waals surface area (Å²) in [5.41, 5.74) is 5.49. The molecule has 3 rings (SSSR count). The second-order valence-electron chi connectivity index (χ2n) is 12.1. The quantitative estimate of drug-likeness (QED) is 0.266. The predicted molar refractivity (Wildman–Crippen MR) is 151 cm³/mol. The average Bonchev–Trinajstić information content (AvgIpc) is 3.36. The summed E-state index contributed by atoms with van der Waals surface area (Å²) >= 11 is 0. The first-order valence-electron chi connectivity index (χ1n) is 11.6. The van der Waals surface area contributed by atoms with Crippen molar-refractivity contribution in [3.63, 3.8) is 0 Å². The first-order valence-corrected chi connectivity index (χ1v) is 17.2. The Morgan fingerprint density at radius 3 is 1.69 bits per heavy atom. The van der Waals surface area contributed by atoms with Crippen molar-refractivity contribution < 1.29 is 0 Å². The number of rotatable bonds is 6. The molecule has 1 atom stereocenters. The van der Waals surface area contributed by atoms with Crippen LogP contribution < -0.4 is 5.19 Å². The monoisotopic (exact) mass is 484 g/mol. The molecule has 1 unspecified atom stereocenters. The molecule has 32 heavy (non-hydrogen) atoms. The topological polar surface area (TPSA) is 31.6 Å². The summed E-state index contributed by atoms with van der Waals surface area (Å²) in [6.07, 6.45) is 9.53. The van der Waals surface area contributed by atoms with Crippen molar-refractivity contribution in [2.45, 2.75) is 82.8 Å². The third-order valence-corrected chi connectivity index (χ3v) is 13.4. The van der Waals surface area contributed by atoms with Gasteiger partial charge in [-0.15, -0.1) is 9.24 Å². The van der Waals surface area contributed by atoms with Crippen molar-refractivity contribution >= 4 is 30.4 Å². The number of benzene rings is 1. The highest BCUT2D eigenvalue weighted by Crippen LogP contribution is 2.62. The van der Waals surface area contributed by atoms with Gasteiger partial charge in [-0.05, 0) is 50.9 Å². The Morgan fingerprint density at radius 2 is 1.31 bits per heavy atom. The van der Waals surface area contributed by atoms with E-state index >= 15 is 0 Å². The second-order valence-corrected chi connectivity index (χ2v) is 21.9. The average molecular weight is 485 g/mol. The van der Waals surface area contributed by atoms with Crippen LogP contribution in [-0.2, 0) is 11.3 Å². The van der Waals surface area contributed by atoms with E-state index < -0.39 is 8.07 Å². The summed E-state index contributed by atoms with van der Waals surface area (Å²) in [4.78, 5) is 6.62. The zero-order chi connectivity index (χ0) is 23.9. The fourth-order valence-electron chi connectivity index (χ4n) is 4.81. The van der Waals surface area contributed by atoms with Crippen LogP contribution in [0.4, 0.5) is 0 Å². The van der Waals surface area contributed by atoms with E-state index in [0.717, 1.165) is 6.16 Å². The highest BCUT2D eigenvalue weighted by Gasteiger charge is 2.39. The molecule has 2 nitrogen and oxygen atoms in total. The van der Waals surface area contributed by atoms with Crippen molar-refractivity contribution in [2.24, 2.45) is 0 Å². The maximum Gasteiger partial charge on any atom is 0.0776 e. The Labute approximate surface area is 200 Å². The summed E-state index contributed by atoms with van der Waals surface area (Å²) < 4.78 is 0. The van der Waals surface area contributed by atoms with Gasteiger partial charge in [0.1, 0.15) is 0 Å². The van der Waals surface area contributed by atoms with Gasteiger partial charge >= 0.3 is 0 Å². The molecule has 2 heterocycles. The van der Waals surface area contributed by atoms with Crippen LogP contribution in [0.2, 0.25) is 19.6 Å². The highest BCUT2D eigenvalue weighted by molar-refractivity contribution is 7.60. The fraction of sp³-hybridized carbons (Fsp3) is 0.481. The number of hydrogen-bond acceptors (Lipinski definition) is 0. The van der Waals surface area contributed by atoms with Crippen LogP contribution in [0.1, 0.15) is 63.8 Å². The lowest BCUT2D eigenvalue weighted by Crippen LogP contribution is -2.39. The van der Waals surface area contributed by atoms with Crippen LogP contribution in [0.5, 0.6) is 0 Å². The molecule has 0 saturated carbocycles. The molecule has 3 aromatic rings. The van der Waals surface area contributed by atoms with Gasteiger partial charge in [-0.3, -0.25) is 0 Å². The molecule has 5 heteroatoms. The standard InChI is InChI=1S/C27H42N2P2Si/c1-25(2,3)31(26(4,5)6)19-20-10-11-23(32(7,8)9)16-24(20)27(30,21-12-14-28-17-21)22-13-15-29-18-22/h10-18,28-29H,19,30H2,1-9H3. The molecule has 2 aromatic heterocycles. The Balaban J connectivity index is 2.29. The van der Waals surface area contributed by atoms with Crippen LogP contribution in [0, 0.1) is 0 Å². The molecule has 0 aliphatic rings. The number of hydrogen-bond donors (Lipinski definition) is 2. The molecule has 1 aromatic carbocycles. The summed E-state index contributed by atoms with van der Waals surface area (Å²) in [6.45, 7) is 21.9. The highest BCUT2D eigenvalue weighted by atomic mass is 31.1.